The van der Waals surface area contributed by atoms with E-state index in [1.165, 1.54) is 15.6 Å². The average molecular weight is 234 g/mol. The highest BCUT2D eigenvalue weighted by Gasteiger charge is 2.41. The highest BCUT2D eigenvalue weighted by Crippen LogP contribution is 2.41. The Hall–Kier alpha value is -0.900. The summed E-state index contributed by atoms with van der Waals surface area (Å²) in [5.74, 6) is 0. The molecule has 0 unspecified atom stereocenters. The van der Waals surface area contributed by atoms with Gasteiger partial charge in [0.15, 0.2) is 0 Å². The van der Waals surface area contributed by atoms with Crippen molar-refractivity contribution < 1.29 is 9.84 Å². The number of benzene rings is 1. The summed E-state index contributed by atoms with van der Waals surface area (Å²) in [6.07, 6.45) is 0.799. The predicted molar refractivity (Wildman–Crippen MR) is 66.0 cm³/mol. The number of fused-ring (bicyclic) bond motifs is 1. The van der Waals surface area contributed by atoms with Crippen LogP contribution in [0.2, 0.25) is 0 Å². The van der Waals surface area contributed by atoms with E-state index in [2.05, 4.69) is 29.6 Å². The summed E-state index contributed by atoms with van der Waals surface area (Å²) in [7, 11) is 0. The van der Waals surface area contributed by atoms with Crippen molar-refractivity contribution >= 4 is 21.4 Å². The molecule has 0 bridgehead atoms. The fourth-order valence-corrected chi connectivity index (χ4v) is 3.47. The molecule has 0 atom stereocenters. The number of thiophene rings is 1. The minimum Gasteiger partial charge on any atom is -0.396 e. The van der Waals surface area contributed by atoms with Crippen LogP contribution in [-0.4, -0.2) is 24.9 Å². The van der Waals surface area contributed by atoms with Gasteiger partial charge < -0.3 is 9.84 Å². The molecule has 1 N–H and O–H groups in total. The Morgan fingerprint density at radius 3 is 2.81 bits per heavy atom. The first-order valence-electron chi connectivity index (χ1n) is 5.51. The molecule has 1 aromatic heterocycles. The second-order valence-electron chi connectivity index (χ2n) is 4.39. The molecule has 2 nitrogen and oxygen atoms in total. The SMILES string of the molecule is OCCC1(c2csc3ccccc23)COC1. The van der Waals surface area contributed by atoms with Crippen molar-refractivity contribution in [1.29, 1.82) is 0 Å². The Morgan fingerprint density at radius 2 is 2.12 bits per heavy atom. The molecule has 0 aliphatic carbocycles. The van der Waals surface area contributed by atoms with Gasteiger partial charge in [0.05, 0.1) is 13.2 Å². The van der Waals surface area contributed by atoms with Crippen LogP contribution in [0.1, 0.15) is 12.0 Å². The number of aliphatic hydroxyl groups excluding tert-OH is 1. The highest BCUT2D eigenvalue weighted by molar-refractivity contribution is 7.17. The van der Waals surface area contributed by atoms with Crippen LogP contribution in [0.4, 0.5) is 0 Å². The second-order valence-corrected chi connectivity index (χ2v) is 5.30. The van der Waals surface area contributed by atoms with E-state index in [4.69, 9.17) is 4.74 Å². The first-order chi connectivity index (χ1) is 7.86. The van der Waals surface area contributed by atoms with Gasteiger partial charge in [0.2, 0.25) is 0 Å². The van der Waals surface area contributed by atoms with Gasteiger partial charge in [-0.15, -0.1) is 11.3 Å². The van der Waals surface area contributed by atoms with Crippen molar-refractivity contribution in [3.05, 3.63) is 35.2 Å². The molecule has 1 saturated heterocycles. The van der Waals surface area contributed by atoms with Crippen molar-refractivity contribution in [2.75, 3.05) is 19.8 Å². The van der Waals surface area contributed by atoms with E-state index >= 15 is 0 Å². The van der Waals surface area contributed by atoms with E-state index in [1.807, 2.05) is 0 Å². The van der Waals surface area contributed by atoms with Crippen LogP contribution in [0.25, 0.3) is 10.1 Å². The third-order valence-corrected chi connectivity index (χ3v) is 4.36. The Labute approximate surface area is 98.5 Å². The zero-order valence-electron chi connectivity index (χ0n) is 8.98. The molecule has 0 amide bonds. The molecule has 0 saturated carbocycles. The lowest BCUT2D eigenvalue weighted by molar-refractivity contribution is -0.0691. The summed E-state index contributed by atoms with van der Waals surface area (Å²) in [4.78, 5) is 0. The quantitative estimate of drug-likeness (QED) is 0.884. The minimum absolute atomic E-state index is 0.0638. The van der Waals surface area contributed by atoms with E-state index in [1.54, 1.807) is 11.3 Å². The lowest BCUT2D eigenvalue weighted by atomic mass is 9.76. The van der Waals surface area contributed by atoms with Gasteiger partial charge in [-0.2, -0.15) is 0 Å². The van der Waals surface area contributed by atoms with Crippen LogP contribution < -0.4 is 0 Å². The van der Waals surface area contributed by atoms with Gasteiger partial charge in [0.1, 0.15) is 0 Å². The largest absolute Gasteiger partial charge is 0.396 e. The number of rotatable bonds is 3. The summed E-state index contributed by atoms with van der Waals surface area (Å²) in [5.41, 5.74) is 1.42. The summed E-state index contributed by atoms with van der Waals surface area (Å²) in [6.45, 7) is 1.72. The number of hydrogen-bond donors (Lipinski definition) is 1. The van der Waals surface area contributed by atoms with Gasteiger partial charge in [0, 0.05) is 16.7 Å². The first-order valence-corrected chi connectivity index (χ1v) is 6.39. The van der Waals surface area contributed by atoms with Crippen LogP contribution in [0.3, 0.4) is 0 Å². The molecule has 0 radical (unpaired) electrons. The summed E-state index contributed by atoms with van der Waals surface area (Å²) >= 11 is 1.78. The van der Waals surface area contributed by atoms with Crippen LogP contribution >= 0.6 is 11.3 Å². The van der Waals surface area contributed by atoms with E-state index in [-0.39, 0.29) is 12.0 Å². The van der Waals surface area contributed by atoms with Crippen molar-refractivity contribution in [3.8, 4) is 0 Å². The van der Waals surface area contributed by atoms with E-state index in [9.17, 15) is 5.11 Å². The molecule has 3 rings (SSSR count). The number of aliphatic hydroxyl groups is 1. The van der Waals surface area contributed by atoms with Gasteiger partial charge in [-0.3, -0.25) is 0 Å². The van der Waals surface area contributed by atoms with Gasteiger partial charge >= 0.3 is 0 Å². The Balaban J connectivity index is 2.10. The van der Waals surface area contributed by atoms with Gasteiger partial charge in [0.25, 0.3) is 0 Å². The lowest BCUT2D eigenvalue weighted by Gasteiger charge is -2.41. The van der Waals surface area contributed by atoms with Crippen LogP contribution in [-0.2, 0) is 10.2 Å². The molecule has 1 aliphatic heterocycles. The predicted octanol–water partition coefficient (Wildman–Crippen LogP) is 2.55. The molecule has 84 valence electrons. The third kappa shape index (κ3) is 1.39. The first kappa shape index (κ1) is 10.3. The molecule has 3 heteroatoms. The standard InChI is InChI=1S/C13H14O2S/c14-6-5-13(8-15-9-13)11-7-16-12-4-2-1-3-10(11)12/h1-4,7,14H,5-6,8-9H2. The fraction of sp³-hybridized carbons (Fsp3) is 0.385. The molecule has 1 aliphatic rings. The molecule has 16 heavy (non-hydrogen) atoms. The molecular formula is C13H14O2S. The monoisotopic (exact) mass is 234 g/mol. The zero-order chi connectivity index (χ0) is 11.0. The van der Waals surface area contributed by atoms with Crippen molar-refractivity contribution in [2.45, 2.75) is 11.8 Å². The topological polar surface area (TPSA) is 29.5 Å². The Bertz CT molecular complexity index is 499. The normalized spacial score (nSPS) is 18.6. The summed E-state index contributed by atoms with van der Waals surface area (Å²) in [5, 5.41) is 12.7. The van der Waals surface area contributed by atoms with E-state index < -0.39 is 0 Å². The van der Waals surface area contributed by atoms with Crippen LogP contribution in [0, 0.1) is 0 Å². The van der Waals surface area contributed by atoms with Gasteiger partial charge in [-0.1, -0.05) is 18.2 Å². The maximum atomic E-state index is 9.19. The number of hydrogen-bond acceptors (Lipinski definition) is 3. The Morgan fingerprint density at radius 1 is 1.31 bits per heavy atom. The van der Waals surface area contributed by atoms with Crippen molar-refractivity contribution in [1.82, 2.24) is 0 Å². The van der Waals surface area contributed by atoms with Crippen molar-refractivity contribution in [2.24, 2.45) is 0 Å². The summed E-state index contributed by atoms with van der Waals surface area (Å²) < 4.78 is 6.68. The molecular weight excluding hydrogens is 220 g/mol. The highest BCUT2D eigenvalue weighted by atomic mass is 32.1. The maximum Gasteiger partial charge on any atom is 0.0587 e. The maximum absolute atomic E-state index is 9.19. The molecule has 1 fully saturated rings. The van der Waals surface area contributed by atoms with Crippen molar-refractivity contribution in [3.63, 3.8) is 0 Å². The van der Waals surface area contributed by atoms with Gasteiger partial charge in [-0.25, -0.2) is 0 Å². The Kier molecular flexibility index (Phi) is 2.46. The number of ether oxygens (including phenoxy) is 1. The van der Waals surface area contributed by atoms with E-state index in [0.29, 0.717) is 0 Å². The smallest absolute Gasteiger partial charge is 0.0587 e. The zero-order valence-corrected chi connectivity index (χ0v) is 9.80. The fourth-order valence-electron chi connectivity index (χ4n) is 2.39. The molecule has 2 heterocycles. The minimum atomic E-state index is 0.0638. The molecule has 0 spiro atoms. The lowest BCUT2D eigenvalue weighted by Crippen LogP contribution is -2.47. The van der Waals surface area contributed by atoms with E-state index in [0.717, 1.165) is 19.6 Å². The third-order valence-electron chi connectivity index (χ3n) is 3.40. The average Bonchev–Trinajstić information content (AvgIpc) is 2.68. The van der Waals surface area contributed by atoms with Crippen LogP contribution in [0.5, 0.6) is 0 Å². The second kappa shape index (κ2) is 3.84. The molecule has 1 aromatic carbocycles. The van der Waals surface area contributed by atoms with Crippen LogP contribution in [0.15, 0.2) is 29.6 Å². The van der Waals surface area contributed by atoms with Gasteiger partial charge in [-0.05, 0) is 28.8 Å². The molecule has 2 aromatic rings. The summed E-state index contributed by atoms with van der Waals surface area (Å²) in [6, 6.07) is 8.46.